The van der Waals surface area contributed by atoms with Crippen LogP contribution in [0.5, 0.6) is 5.75 Å². The Morgan fingerprint density at radius 3 is 2.90 bits per heavy atom. The molecule has 1 unspecified atom stereocenters. The molecule has 6 nitrogen and oxygen atoms in total. The largest absolute Gasteiger partial charge is 0.506 e. The maximum absolute atomic E-state index is 13.4. The Bertz CT molecular complexity index is 1390. The number of thiazole rings is 1. The summed E-state index contributed by atoms with van der Waals surface area (Å²) < 4.78 is 7.56. The first-order valence-corrected chi connectivity index (χ1v) is 12.1. The van der Waals surface area contributed by atoms with Crippen molar-refractivity contribution >= 4 is 62.2 Å². The third-order valence-electron chi connectivity index (χ3n) is 4.67. The van der Waals surface area contributed by atoms with Gasteiger partial charge in [-0.15, -0.1) is 11.3 Å². The molecule has 3 heterocycles. The van der Waals surface area contributed by atoms with Crippen molar-refractivity contribution in [2.75, 3.05) is 6.61 Å². The number of carbonyl (C=O) groups is 1. The van der Waals surface area contributed by atoms with E-state index >= 15 is 0 Å². The zero-order chi connectivity index (χ0) is 22.3. The van der Waals surface area contributed by atoms with Crippen LogP contribution in [-0.4, -0.2) is 22.2 Å². The summed E-state index contributed by atoms with van der Waals surface area (Å²) in [5, 5.41) is 12.7. The van der Waals surface area contributed by atoms with E-state index in [-0.39, 0.29) is 17.9 Å². The highest BCUT2D eigenvalue weighted by atomic mass is 79.9. The minimum absolute atomic E-state index is 0.0200. The number of esters is 1. The fourth-order valence-electron chi connectivity index (χ4n) is 3.34. The molecule has 0 aliphatic carbocycles. The Labute approximate surface area is 198 Å². The van der Waals surface area contributed by atoms with Crippen molar-refractivity contribution in [2.45, 2.75) is 19.9 Å². The van der Waals surface area contributed by atoms with Gasteiger partial charge in [-0.2, -0.15) is 0 Å². The second kappa shape index (κ2) is 8.74. The third-order valence-corrected chi connectivity index (χ3v) is 7.40. The second-order valence-corrected chi connectivity index (χ2v) is 9.92. The molecular weight excluding hydrogens is 524 g/mol. The number of carbonyl (C=O) groups excluding carboxylic acids is 1. The summed E-state index contributed by atoms with van der Waals surface area (Å²) in [6.07, 6.45) is 1.57. The first-order valence-electron chi connectivity index (χ1n) is 9.23. The van der Waals surface area contributed by atoms with E-state index in [4.69, 9.17) is 16.3 Å². The van der Waals surface area contributed by atoms with E-state index in [9.17, 15) is 14.7 Å². The van der Waals surface area contributed by atoms with Crippen molar-refractivity contribution in [2.24, 2.45) is 4.99 Å². The summed E-state index contributed by atoms with van der Waals surface area (Å²) in [6, 6.07) is 6.27. The van der Waals surface area contributed by atoms with Crippen LogP contribution < -0.4 is 14.9 Å². The molecule has 2 aromatic heterocycles. The van der Waals surface area contributed by atoms with E-state index in [0.29, 0.717) is 35.7 Å². The highest BCUT2D eigenvalue weighted by molar-refractivity contribution is 9.10. The summed E-state index contributed by atoms with van der Waals surface area (Å²) >= 11 is 12.0. The fraction of sp³-hybridized carbons (Fsp3) is 0.190. The number of benzene rings is 1. The lowest BCUT2D eigenvalue weighted by Gasteiger charge is -2.23. The Kier molecular flexibility index (Phi) is 6.20. The highest BCUT2D eigenvalue weighted by Crippen LogP contribution is 2.34. The van der Waals surface area contributed by atoms with Gasteiger partial charge in [-0.3, -0.25) is 9.36 Å². The molecule has 0 saturated carbocycles. The molecular formula is C21H16BrClN2O4S2. The van der Waals surface area contributed by atoms with Gasteiger partial charge < -0.3 is 9.84 Å². The summed E-state index contributed by atoms with van der Waals surface area (Å²) in [5.74, 6) is -0.513. The van der Waals surface area contributed by atoms with Gasteiger partial charge in [0.1, 0.15) is 11.8 Å². The average Bonchev–Trinajstić information content (AvgIpc) is 3.34. The molecule has 1 aromatic carbocycles. The molecule has 0 bridgehead atoms. The van der Waals surface area contributed by atoms with E-state index < -0.39 is 12.0 Å². The molecule has 31 heavy (non-hydrogen) atoms. The van der Waals surface area contributed by atoms with Gasteiger partial charge in [0.15, 0.2) is 4.80 Å². The summed E-state index contributed by atoms with van der Waals surface area (Å²) in [5.41, 5.74) is 0.945. The predicted molar refractivity (Wildman–Crippen MR) is 126 cm³/mol. The topological polar surface area (TPSA) is 80.9 Å². The van der Waals surface area contributed by atoms with E-state index in [2.05, 4.69) is 20.9 Å². The molecule has 1 aliphatic heterocycles. The molecule has 0 saturated heterocycles. The molecule has 1 aliphatic rings. The molecule has 0 spiro atoms. The lowest BCUT2D eigenvalue weighted by molar-refractivity contribution is -0.139. The normalized spacial score (nSPS) is 16.3. The van der Waals surface area contributed by atoms with Crippen LogP contribution in [0.2, 0.25) is 5.02 Å². The molecule has 0 radical (unpaired) electrons. The van der Waals surface area contributed by atoms with Crippen molar-refractivity contribution in [3.05, 3.63) is 80.5 Å². The van der Waals surface area contributed by atoms with E-state index in [1.165, 1.54) is 27.2 Å². The van der Waals surface area contributed by atoms with Gasteiger partial charge in [-0.05, 0) is 59.4 Å². The number of hydrogen-bond donors (Lipinski definition) is 1. The van der Waals surface area contributed by atoms with E-state index in [0.717, 1.165) is 4.88 Å². The first-order chi connectivity index (χ1) is 14.8. The molecule has 0 amide bonds. The molecule has 0 fully saturated rings. The number of aromatic hydroxyl groups is 1. The molecule has 10 heteroatoms. The zero-order valence-electron chi connectivity index (χ0n) is 16.4. The Balaban J connectivity index is 1.97. The van der Waals surface area contributed by atoms with Crippen LogP contribution in [-0.2, 0) is 9.53 Å². The van der Waals surface area contributed by atoms with Crippen LogP contribution in [0, 0.1) is 0 Å². The average molecular weight is 540 g/mol. The van der Waals surface area contributed by atoms with Crippen molar-refractivity contribution in [3.63, 3.8) is 0 Å². The molecule has 1 N–H and O–H groups in total. The lowest BCUT2D eigenvalue weighted by Crippen LogP contribution is -2.39. The highest BCUT2D eigenvalue weighted by Gasteiger charge is 2.33. The van der Waals surface area contributed by atoms with Crippen LogP contribution in [0.25, 0.3) is 6.08 Å². The number of nitrogens with zero attached hydrogens (tertiary/aromatic N) is 2. The number of rotatable bonds is 4. The minimum Gasteiger partial charge on any atom is -0.506 e. The van der Waals surface area contributed by atoms with Gasteiger partial charge in [0.2, 0.25) is 0 Å². The van der Waals surface area contributed by atoms with Crippen molar-refractivity contribution in [1.82, 2.24) is 4.57 Å². The SMILES string of the molecule is CCOC(=O)C1=C(C)N=c2sc(=Cc3cc(Cl)cc(Br)c3O)c(=O)n2C1c1cccs1. The summed E-state index contributed by atoms with van der Waals surface area (Å²) in [6.45, 7) is 3.70. The lowest BCUT2D eigenvalue weighted by atomic mass is 10.0. The predicted octanol–water partition coefficient (Wildman–Crippen LogP) is 3.98. The van der Waals surface area contributed by atoms with Gasteiger partial charge in [0, 0.05) is 15.5 Å². The number of thiophene rings is 1. The number of phenols is 1. The number of halogens is 2. The van der Waals surface area contributed by atoms with Crippen LogP contribution in [0.1, 0.15) is 30.3 Å². The van der Waals surface area contributed by atoms with Crippen LogP contribution >= 0.6 is 50.2 Å². The molecule has 1 atom stereocenters. The van der Waals surface area contributed by atoms with E-state index in [1.807, 2.05) is 17.5 Å². The van der Waals surface area contributed by atoms with Gasteiger partial charge in [-0.1, -0.05) is 29.0 Å². The van der Waals surface area contributed by atoms with Gasteiger partial charge >= 0.3 is 5.97 Å². The fourth-order valence-corrected chi connectivity index (χ4v) is 6.04. The number of phenolic OH excluding ortho intramolecular Hbond substituents is 1. The van der Waals surface area contributed by atoms with E-state index in [1.54, 1.807) is 32.1 Å². The second-order valence-electron chi connectivity index (χ2n) is 6.64. The van der Waals surface area contributed by atoms with Crippen molar-refractivity contribution in [1.29, 1.82) is 0 Å². The Hall–Kier alpha value is -2.20. The Morgan fingerprint density at radius 1 is 1.45 bits per heavy atom. The van der Waals surface area contributed by atoms with Crippen molar-refractivity contribution < 1.29 is 14.6 Å². The summed E-state index contributed by atoms with van der Waals surface area (Å²) in [7, 11) is 0. The third kappa shape index (κ3) is 4.03. The monoisotopic (exact) mass is 538 g/mol. The number of ether oxygens (including phenoxy) is 1. The van der Waals surface area contributed by atoms with Crippen LogP contribution in [0.4, 0.5) is 0 Å². The molecule has 160 valence electrons. The number of fused-ring (bicyclic) bond motifs is 1. The van der Waals surface area contributed by atoms with Gasteiger partial charge in [0.05, 0.1) is 26.9 Å². The minimum atomic E-state index is -0.628. The van der Waals surface area contributed by atoms with Crippen LogP contribution in [0.3, 0.4) is 0 Å². The van der Waals surface area contributed by atoms with Gasteiger partial charge in [0.25, 0.3) is 5.56 Å². The summed E-state index contributed by atoms with van der Waals surface area (Å²) in [4.78, 5) is 32.0. The standard InChI is InChI=1S/C21H16BrClN2O4S2/c1-3-29-20(28)16-10(2)24-21-25(17(16)14-5-4-6-30-14)19(27)15(31-21)8-11-7-12(23)9-13(22)18(11)26/h4-9,17,26H,3H2,1-2H3. The van der Waals surface area contributed by atoms with Crippen LogP contribution in [0.15, 0.2) is 55.2 Å². The zero-order valence-corrected chi connectivity index (χ0v) is 20.4. The number of hydrogen-bond acceptors (Lipinski definition) is 7. The number of allylic oxidation sites excluding steroid dienone is 1. The maximum atomic E-state index is 13.4. The quantitative estimate of drug-likeness (QED) is 0.509. The maximum Gasteiger partial charge on any atom is 0.338 e. The smallest absolute Gasteiger partial charge is 0.338 e. The number of aromatic nitrogens is 1. The van der Waals surface area contributed by atoms with Gasteiger partial charge in [-0.25, -0.2) is 9.79 Å². The van der Waals surface area contributed by atoms with Crippen molar-refractivity contribution in [3.8, 4) is 5.75 Å². The first kappa shape index (κ1) is 22.0. The molecule has 4 rings (SSSR count). The Morgan fingerprint density at radius 2 is 2.23 bits per heavy atom. The molecule has 3 aromatic rings.